The van der Waals surface area contributed by atoms with Gasteiger partial charge in [0.1, 0.15) is 11.3 Å². The number of aryl methyl sites for hydroxylation is 1. The van der Waals surface area contributed by atoms with Gasteiger partial charge in [-0.15, -0.1) is 0 Å². The van der Waals surface area contributed by atoms with Crippen LogP contribution in [0.5, 0.6) is 5.75 Å². The van der Waals surface area contributed by atoms with Crippen LogP contribution >= 0.6 is 11.6 Å². The lowest BCUT2D eigenvalue weighted by Gasteiger charge is -2.06. The molecule has 1 amide bonds. The second kappa shape index (κ2) is 7.37. The summed E-state index contributed by atoms with van der Waals surface area (Å²) in [4.78, 5) is 17.0. The van der Waals surface area contributed by atoms with E-state index in [4.69, 9.17) is 20.8 Å². The van der Waals surface area contributed by atoms with E-state index in [1.807, 2.05) is 37.3 Å². The summed E-state index contributed by atoms with van der Waals surface area (Å²) in [5.41, 5.74) is 4.19. The predicted octanol–water partition coefficient (Wildman–Crippen LogP) is 5.72. The predicted molar refractivity (Wildman–Crippen MR) is 110 cm³/mol. The average molecular weight is 393 g/mol. The van der Waals surface area contributed by atoms with Crippen molar-refractivity contribution in [3.63, 3.8) is 0 Å². The van der Waals surface area contributed by atoms with E-state index >= 15 is 0 Å². The van der Waals surface area contributed by atoms with E-state index in [9.17, 15) is 4.79 Å². The number of anilines is 1. The van der Waals surface area contributed by atoms with Gasteiger partial charge in [0.15, 0.2) is 5.58 Å². The maximum atomic E-state index is 12.5. The van der Waals surface area contributed by atoms with Crippen molar-refractivity contribution in [1.29, 1.82) is 0 Å². The molecule has 0 aliphatic carbocycles. The normalized spacial score (nSPS) is 10.8. The van der Waals surface area contributed by atoms with E-state index in [1.165, 1.54) is 0 Å². The molecule has 5 nitrogen and oxygen atoms in total. The number of nitrogens with zero attached hydrogens (tertiary/aromatic N) is 1. The third kappa shape index (κ3) is 3.57. The number of methoxy groups -OCH3 is 1. The fourth-order valence-electron chi connectivity index (χ4n) is 2.80. The van der Waals surface area contributed by atoms with Crippen molar-refractivity contribution in [3.8, 4) is 17.2 Å². The maximum Gasteiger partial charge on any atom is 0.255 e. The number of rotatable bonds is 4. The summed E-state index contributed by atoms with van der Waals surface area (Å²) in [5, 5.41) is 3.42. The summed E-state index contributed by atoms with van der Waals surface area (Å²) < 4.78 is 11.0. The zero-order chi connectivity index (χ0) is 19.7. The van der Waals surface area contributed by atoms with Gasteiger partial charge in [0.25, 0.3) is 5.91 Å². The minimum Gasteiger partial charge on any atom is -0.497 e. The molecule has 1 N–H and O–H groups in total. The Bertz CT molecular complexity index is 1170. The van der Waals surface area contributed by atoms with Gasteiger partial charge in [0.05, 0.1) is 7.11 Å². The van der Waals surface area contributed by atoms with E-state index in [0.717, 1.165) is 16.9 Å². The number of aromatic nitrogens is 1. The number of oxazole rings is 1. The fourth-order valence-corrected chi connectivity index (χ4v) is 2.98. The molecule has 1 heterocycles. The van der Waals surface area contributed by atoms with Crippen LogP contribution in [0, 0.1) is 6.92 Å². The van der Waals surface area contributed by atoms with E-state index in [2.05, 4.69) is 10.3 Å². The highest BCUT2D eigenvalue weighted by Crippen LogP contribution is 2.27. The van der Waals surface area contributed by atoms with Crippen LogP contribution in [-0.4, -0.2) is 18.0 Å². The first-order chi connectivity index (χ1) is 13.5. The molecule has 0 saturated carbocycles. The zero-order valence-corrected chi connectivity index (χ0v) is 16.1. The highest BCUT2D eigenvalue weighted by atomic mass is 35.5. The first-order valence-electron chi connectivity index (χ1n) is 8.66. The Morgan fingerprint density at radius 2 is 1.86 bits per heavy atom. The van der Waals surface area contributed by atoms with Crippen LogP contribution < -0.4 is 10.1 Å². The standard InChI is InChI=1S/C22H17ClN2O3/c1-13-3-4-15(11-18(13)23)21(26)24-16-7-10-20-19(12-16)25-22(28-20)14-5-8-17(27-2)9-6-14/h3-12H,1-2H3,(H,24,26). The third-order valence-electron chi connectivity index (χ3n) is 4.42. The molecule has 0 atom stereocenters. The summed E-state index contributed by atoms with van der Waals surface area (Å²) in [7, 11) is 1.62. The van der Waals surface area contributed by atoms with Crippen LogP contribution in [0.15, 0.2) is 65.1 Å². The van der Waals surface area contributed by atoms with Crippen LogP contribution in [0.1, 0.15) is 15.9 Å². The second-order valence-electron chi connectivity index (χ2n) is 6.35. The van der Waals surface area contributed by atoms with Crippen molar-refractivity contribution < 1.29 is 13.9 Å². The van der Waals surface area contributed by atoms with Gasteiger partial charge < -0.3 is 14.5 Å². The zero-order valence-electron chi connectivity index (χ0n) is 15.3. The van der Waals surface area contributed by atoms with Crippen LogP contribution in [0.4, 0.5) is 5.69 Å². The third-order valence-corrected chi connectivity index (χ3v) is 4.82. The van der Waals surface area contributed by atoms with Crippen LogP contribution in [-0.2, 0) is 0 Å². The lowest BCUT2D eigenvalue weighted by Crippen LogP contribution is -2.11. The molecule has 0 fully saturated rings. The average Bonchev–Trinajstić information content (AvgIpc) is 3.13. The number of fused-ring (bicyclic) bond motifs is 1. The molecule has 0 saturated heterocycles. The Labute approximate surface area is 166 Å². The second-order valence-corrected chi connectivity index (χ2v) is 6.76. The van der Waals surface area contributed by atoms with Crippen LogP contribution in [0.2, 0.25) is 5.02 Å². The molecule has 1 aromatic heterocycles. The van der Waals surface area contributed by atoms with E-state index in [1.54, 1.807) is 37.4 Å². The van der Waals surface area contributed by atoms with Crippen molar-refractivity contribution in [1.82, 2.24) is 4.98 Å². The van der Waals surface area contributed by atoms with Crippen molar-refractivity contribution in [3.05, 3.63) is 76.8 Å². The summed E-state index contributed by atoms with van der Waals surface area (Å²) in [5.74, 6) is 1.03. The Hall–Kier alpha value is -3.31. The fraction of sp³-hybridized carbons (Fsp3) is 0.0909. The van der Waals surface area contributed by atoms with Gasteiger partial charge in [-0.25, -0.2) is 4.98 Å². The lowest BCUT2D eigenvalue weighted by atomic mass is 10.1. The van der Waals surface area contributed by atoms with Gasteiger partial charge in [-0.1, -0.05) is 17.7 Å². The molecule has 4 aromatic rings. The van der Waals surface area contributed by atoms with Gasteiger partial charge in [-0.05, 0) is 67.1 Å². The SMILES string of the molecule is COc1ccc(-c2nc3cc(NC(=O)c4ccc(C)c(Cl)c4)ccc3o2)cc1. The molecular weight excluding hydrogens is 376 g/mol. The first-order valence-corrected chi connectivity index (χ1v) is 9.04. The van der Waals surface area contributed by atoms with Crippen LogP contribution in [0.3, 0.4) is 0 Å². The van der Waals surface area contributed by atoms with Gasteiger partial charge >= 0.3 is 0 Å². The molecule has 28 heavy (non-hydrogen) atoms. The van der Waals surface area contributed by atoms with Crippen molar-refractivity contribution >= 4 is 34.3 Å². The number of benzene rings is 3. The number of carbonyl (C=O) groups excluding carboxylic acids is 1. The lowest BCUT2D eigenvalue weighted by molar-refractivity contribution is 0.102. The van der Waals surface area contributed by atoms with E-state index in [0.29, 0.717) is 33.3 Å². The summed E-state index contributed by atoms with van der Waals surface area (Å²) in [6, 6.07) is 18.0. The summed E-state index contributed by atoms with van der Waals surface area (Å²) in [6.07, 6.45) is 0. The highest BCUT2D eigenvalue weighted by Gasteiger charge is 2.12. The number of halogens is 1. The number of amides is 1. The van der Waals surface area contributed by atoms with E-state index < -0.39 is 0 Å². The molecule has 0 spiro atoms. The monoisotopic (exact) mass is 392 g/mol. The first kappa shape index (κ1) is 18.1. The Morgan fingerprint density at radius 1 is 1.07 bits per heavy atom. The van der Waals surface area contributed by atoms with Gasteiger partial charge in [-0.2, -0.15) is 0 Å². The summed E-state index contributed by atoms with van der Waals surface area (Å²) in [6.45, 7) is 1.89. The molecular formula is C22H17ClN2O3. The molecule has 0 aliphatic heterocycles. The maximum absolute atomic E-state index is 12.5. The van der Waals surface area contributed by atoms with Gasteiger partial charge in [0, 0.05) is 21.8 Å². The number of carbonyl (C=O) groups is 1. The van der Waals surface area contributed by atoms with Gasteiger partial charge in [-0.3, -0.25) is 4.79 Å². The largest absolute Gasteiger partial charge is 0.497 e. The van der Waals surface area contributed by atoms with E-state index in [-0.39, 0.29) is 5.91 Å². The molecule has 4 rings (SSSR count). The Kier molecular flexibility index (Phi) is 4.75. The topological polar surface area (TPSA) is 64.4 Å². The number of ether oxygens (including phenoxy) is 1. The van der Waals surface area contributed by atoms with Crippen LogP contribution in [0.25, 0.3) is 22.6 Å². The van der Waals surface area contributed by atoms with Crippen molar-refractivity contribution in [2.24, 2.45) is 0 Å². The Balaban J connectivity index is 1.58. The van der Waals surface area contributed by atoms with Gasteiger partial charge in [0.2, 0.25) is 5.89 Å². The molecule has 0 aliphatic rings. The number of hydrogen-bond acceptors (Lipinski definition) is 4. The smallest absolute Gasteiger partial charge is 0.255 e. The molecule has 6 heteroatoms. The number of hydrogen-bond donors (Lipinski definition) is 1. The quantitative estimate of drug-likeness (QED) is 0.482. The molecule has 140 valence electrons. The Morgan fingerprint density at radius 3 is 2.57 bits per heavy atom. The van der Waals surface area contributed by atoms with Crippen molar-refractivity contribution in [2.75, 3.05) is 12.4 Å². The number of nitrogens with one attached hydrogen (secondary N) is 1. The molecule has 0 unspecified atom stereocenters. The highest BCUT2D eigenvalue weighted by molar-refractivity contribution is 6.31. The minimum absolute atomic E-state index is 0.236. The molecule has 0 radical (unpaired) electrons. The summed E-state index contributed by atoms with van der Waals surface area (Å²) >= 11 is 6.11. The molecule has 3 aromatic carbocycles. The minimum atomic E-state index is -0.236. The molecule has 0 bridgehead atoms. The van der Waals surface area contributed by atoms with Crippen molar-refractivity contribution in [2.45, 2.75) is 6.92 Å².